The number of ether oxygens (including phenoxy) is 1. The smallest absolute Gasteiger partial charge is 0.481 e. The quantitative estimate of drug-likeness (QED) is 0.370. The summed E-state index contributed by atoms with van der Waals surface area (Å²) in [6.07, 6.45) is -0.571. The van der Waals surface area contributed by atoms with Crippen molar-refractivity contribution < 1.29 is 27.8 Å². The van der Waals surface area contributed by atoms with Crippen molar-refractivity contribution in [3.05, 3.63) is 58.9 Å². The van der Waals surface area contributed by atoms with E-state index in [2.05, 4.69) is 36.1 Å². The van der Waals surface area contributed by atoms with Crippen molar-refractivity contribution in [3.8, 4) is 5.75 Å². The van der Waals surface area contributed by atoms with E-state index in [0.29, 0.717) is 18.8 Å². The number of hydrogen-bond acceptors (Lipinski definition) is 3. The van der Waals surface area contributed by atoms with Gasteiger partial charge >= 0.3 is 12.3 Å². The van der Waals surface area contributed by atoms with Gasteiger partial charge in [0.2, 0.25) is 0 Å². The van der Waals surface area contributed by atoms with Crippen molar-refractivity contribution in [2.24, 2.45) is 11.3 Å². The Balaban J connectivity index is 1.74. The highest BCUT2D eigenvalue weighted by Gasteiger charge is 2.35. The second-order valence-corrected chi connectivity index (χ2v) is 11.0. The minimum Gasteiger partial charge on any atom is -0.481 e. The molecule has 0 bridgehead atoms. The van der Waals surface area contributed by atoms with E-state index in [-0.39, 0.29) is 23.6 Å². The molecule has 1 heterocycles. The first-order valence-corrected chi connectivity index (χ1v) is 12.4. The number of aliphatic carboxylic acids is 1. The van der Waals surface area contributed by atoms with E-state index >= 15 is 0 Å². The van der Waals surface area contributed by atoms with Gasteiger partial charge in [-0.2, -0.15) is 0 Å². The summed E-state index contributed by atoms with van der Waals surface area (Å²) in [6, 6.07) is 10.3. The van der Waals surface area contributed by atoms with Crippen LogP contribution in [0.3, 0.4) is 0 Å². The number of carboxylic acids is 1. The lowest BCUT2D eigenvalue weighted by Crippen LogP contribution is -2.30. The first kappa shape index (κ1) is 26.0. The molecule has 0 saturated heterocycles. The molecule has 1 aliphatic carbocycles. The second kappa shape index (κ2) is 9.79. The van der Waals surface area contributed by atoms with E-state index in [1.807, 2.05) is 13.0 Å². The van der Waals surface area contributed by atoms with Crippen molar-refractivity contribution in [3.63, 3.8) is 0 Å². The van der Waals surface area contributed by atoms with Crippen molar-refractivity contribution in [1.82, 2.24) is 9.55 Å². The molecule has 0 radical (unpaired) electrons. The van der Waals surface area contributed by atoms with Gasteiger partial charge in [0.25, 0.3) is 0 Å². The van der Waals surface area contributed by atoms with E-state index in [1.54, 1.807) is 12.1 Å². The summed E-state index contributed by atoms with van der Waals surface area (Å²) in [5.74, 6) is 0.330. The van der Waals surface area contributed by atoms with E-state index in [1.165, 1.54) is 12.1 Å². The standard InChI is InChI=1S/C28H33F3N2O3/c1-17-11-21(16-27(3,4)15-17)33-24-12-18(2)20(7-10-26(34)35)14-23(24)32-25(33)13-19-5-8-22(9-6-19)36-28(29,30)31/h5-6,8-9,12,14,17,21H,7,10-11,13,15-16H2,1-4H3,(H,34,35)/t17-,21+/m0/s1. The number of hydrogen-bond donors (Lipinski definition) is 1. The van der Waals surface area contributed by atoms with Gasteiger partial charge in [0.05, 0.1) is 11.0 Å². The largest absolute Gasteiger partial charge is 0.573 e. The van der Waals surface area contributed by atoms with Crippen LogP contribution in [0.1, 0.15) is 75.0 Å². The fraction of sp³-hybridized carbons (Fsp3) is 0.500. The van der Waals surface area contributed by atoms with Crippen molar-refractivity contribution in [2.45, 2.75) is 78.6 Å². The van der Waals surface area contributed by atoms with Crippen molar-refractivity contribution in [2.75, 3.05) is 0 Å². The summed E-state index contributed by atoms with van der Waals surface area (Å²) < 4.78 is 44.0. The molecule has 3 aromatic rings. The number of imidazole rings is 1. The molecule has 0 aliphatic heterocycles. The summed E-state index contributed by atoms with van der Waals surface area (Å²) in [4.78, 5) is 16.1. The second-order valence-electron chi connectivity index (χ2n) is 11.0. The summed E-state index contributed by atoms with van der Waals surface area (Å²) in [6.45, 7) is 8.87. The average molecular weight is 503 g/mol. The number of benzene rings is 2. The van der Waals surface area contributed by atoms with Crippen LogP contribution in [-0.4, -0.2) is 27.0 Å². The molecule has 0 spiro atoms. The Kier molecular flexibility index (Phi) is 7.08. The van der Waals surface area contributed by atoms with Crippen LogP contribution in [0.25, 0.3) is 11.0 Å². The average Bonchev–Trinajstić information content (AvgIpc) is 3.07. The molecule has 2 aromatic carbocycles. The monoisotopic (exact) mass is 502 g/mol. The fourth-order valence-corrected chi connectivity index (χ4v) is 5.87. The molecule has 1 saturated carbocycles. The molecular formula is C28H33F3N2O3. The maximum absolute atomic E-state index is 12.6. The normalized spacial score (nSPS) is 20.0. The number of aryl methyl sites for hydroxylation is 2. The third kappa shape index (κ3) is 6.20. The third-order valence-electron chi connectivity index (χ3n) is 7.08. The van der Waals surface area contributed by atoms with Gasteiger partial charge in [0.1, 0.15) is 11.6 Å². The maximum atomic E-state index is 12.6. The van der Waals surface area contributed by atoms with Crippen LogP contribution in [0.2, 0.25) is 0 Å². The summed E-state index contributed by atoms with van der Waals surface area (Å²) >= 11 is 0. The molecule has 0 unspecified atom stereocenters. The van der Waals surface area contributed by atoms with Gasteiger partial charge < -0.3 is 14.4 Å². The minimum atomic E-state index is -4.73. The van der Waals surface area contributed by atoms with Crippen molar-refractivity contribution in [1.29, 1.82) is 0 Å². The zero-order valence-corrected chi connectivity index (χ0v) is 21.2. The summed E-state index contributed by atoms with van der Waals surface area (Å²) in [5, 5.41) is 9.13. The van der Waals surface area contributed by atoms with E-state index in [4.69, 9.17) is 10.1 Å². The van der Waals surface area contributed by atoms with Crippen LogP contribution in [0, 0.1) is 18.3 Å². The molecule has 4 rings (SSSR count). The number of carbonyl (C=O) groups is 1. The maximum Gasteiger partial charge on any atom is 0.573 e. The summed E-state index contributed by atoms with van der Waals surface area (Å²) in [5.41, 5.74) is 4.87. The van der Waals surface area contributed by atoms with Gasteiger partial charge in [0.15, 0.2) is 0 Å². The van der Waals surface area contributed by atoms with Gasteiger partial charge in [-0.1, -0.05) is 32.9 Å². The molecule has 8 heteroatoms. The SMILES string of the molecule is Cc1cc2c(cc1CCC(=O)O)nc(Cc1ccc(OC(F)(F)F)cc1)n2[C@@H]1C[C@H](C)CC(C)(C)C1. The Morgan fingerprint density at radius 3 is 2.50 bits per heavy atom. The first-order valence-electron chi connectivity index (χ1n) is 12.4. The molecule has 1 N–H and O–H groups in total. The third-order valence-corrected chi connectivity index (χ3v) is 7.08. The molecule has 36 heavy (non-hydrogen) atoms. The van der Waals surface area contributed by atoms with Gasteiger partial charge in [-0.05, 0) is 84.9 Å². The van der Waals surface area contributed by atoms with Crippen LogP contribution in [-0.2, 0) is 17.6 Å². The Bertz CT molecular complexity index is 1250. The number of halogens is 3. The molecule has 1 aliphatic rings. The molecule has 2 atom stereocenters. The van der Waals surface area contributed by atoms with E-state index in [9.17, 15) is 18.0 Å². The van der Waals surface area contributed by atoms with E-state index < -0.39 is 12.3 Å². The highest BCUT2D eigenvalue weighted by atomic mass is 19.4. The Morgan fingerprint density at radius 2 is 1.89 bits per heavy atom. The molecule has 1 fully saturated rings. The minimum absolute atomic E-state index is 0.0561. The molecule has 5 nitrogen and oxygen atoms in total. The Morgan fingerprint density at radius 1 is 1.19 bits per heavy atom. The van der Waals surface area contributed by atoms with Crippen LogP contribution >= 0.6 is 0 Å². The highest BCUT2D eigenvalue weighted by molar-refractivity contribution is 5.79. The lowest BCUT2D eigenvalue weighted by molar-refractivity contribution is -0.274. The first-order chi connectivity index (χ1) is 16.8. The molecule has 194 valence electrons. The van der Waals surface area contributed by atoms with Gasteiger partial charge in [-0.25, -0.2) is 4.98 Å². The van der Waals surface area contributed by atoms with E-state index in [0.717, 1.165) is 52.8 Å². The Labute approximate surface area is 209 Å². The highest BCUT2D eigenvalue weighted by Crippen LogP contribution is 2.45. The summed E-state index contributed by atoms with van der Waals surface area (Å²) in [7, 11) is 0. The number of fused-ring (bicyclic) bond motifs is 1. The molecule has 1 aromatic heterocycles. The predicted molar refractivity (Wildman–Crippen MR) is 132 cm³/mol. The lowest BCUT2D eigenvalue weighted by Gasteiger charge is -2.40. The topological polar surface area (TPSA) is 64.3 Å². The van der Waals surface area contributed by atoms with Gasteiger partial charge in [-0.15, -0.1) is 13.2 Å². The van der Waals surface area contributed by atoms with Crippen molar-refractivity contribution >= 4 is 17.0 Å². The lowest BCUT2D eigenvalue weighted by atomic mass is 9.70. The van der Waals surface area contributed by atoms with Crippen LogP contribution < -0.4 is 4.74 Å². The van der Waals surface area contributed by atoms with Crippen LogP contribution in [0.15, 0.2) is 36.4 Å². The zero-order chi connectivity index (χ0) is 26.3. The van der Waals surface area contributed by atoms with Crippen LogP contribution in [0.5, 0.6) is 5.75 Å². The number of carboxylic acid groups (broad SMARTS) is 1. The number of rotatable bonds is 7. The molecule has 0 amide bonds. The number of alkyl halides is 3. The van der Waals surface area contributed by atoms with Gasteiger partial charge in [-0.3, -0.25) is 4.79 Å². The van der Waals surface area contributed by atoms with Crippen LogP contribution in [0.4, 0.5) is 13.2 Å². The number of nitrogens with zero attached hydrogens (tertiary/aromatic N) is 2. The zero-order valence-electron chi connectivity index (χ0n) is 21.2. The fourth-order valence-electron chi connectivity index (χ4n) is 5.87. The number of aromatic nitrogens is 2. The predicted octanol–water partition coefficient (Wildman–Crippen LogP) is 7.24. The van der Waals surface area contributed by atoms with Gasteiger partial charge in [0, 0.05) is 18.9 Å². The molecular weight excluding hydrogens is 469 g/mol. The Hall–Kier alpha value is -3.03.